The van der Waals surface area contributed by atoms with Crippen molar-refractivity contribution in [2.24, 2.45) is 0 Å². The predicted molar refractivity (Wildman–Crippen MR) is 135 cm³/mol. The SMILES string of the molecule is Cc1cc(N2CC[S+]([O-])CC2)ncc1-c1ccc2nc(C)n(Cc3ccccc3OC(F)F)c2c1. The Morgan fingerprint density at radius 3 is 2.60 bits per heavy atom. The Kier molecular flexibility index (Phi) is 6.62. The van der Waals surface area contributed by atoms with Gasteiger partial charge in [0.25, 0.3) is 0 Å². The minimum absolute atomic E-state index is 0.164. The molecule has 0 N–H and O–H groups in total. The molecule has 0 atom stereocenters. The minimum Gasteiger partial charge on any atom is -0.616 e. The fourth-order valence-corrected chi connectivity index (χ4v) is 5.56. The molecule has 1 aliphatic heterocycles. The van der Waals surface area contributed by atoms with Crippen LogP contribution >= 0.6 is 0 Å². The second-order valence-electron chi connectivity index (χ2n) is 8.63. The summed E-state index contributed by atoms with van der Waals surface area (Å²) >= 11 is -0.730. The van der Waals surface area contributed by atoms with Crippen LogP contribution in [0.25, 0.3) is 22.2 Å². The fourth-order valence-electron chi connectivity index (χ4n) is 4.51. The number of nitrogens with zero attached hydrogens (tertiary/aromatic N) is 4. The van der Waals surface area contributed by atoms with Crippen LogP contribution in [0.2, 0.25) is 0 Å². The lowest BCUT2D eigenvalue weighted by molar-refractivity contribution is -0.0504. The van der Waals surface area contributed by atoms with Crippen molar-refractivity contribution in [3.8, 4) is 16.9 Å². The Labute approximate surface area is 205 Å². The number of pyridine rings is 1. The second kappa shape index (κ2) is 9.83. The van der Waals surface area contributed by atoms with Crippen LogP contribution in [0.5, 0.6) is 5.75 Å². The summed E-state index contributed by atoms with van der Waals surface area (Å²) in [6.45, 7) is 2.95. The average Bonchev–Trinajstić information content (AvgIpc) is 3.14. The first-order valence-electron chi connectivity index (χ1n) is 11.5. The lowest BCUT2D eigenvalue weighted by Crippen LogP contribution is -2.40. The number of hydrogen-bond donors (Lipinski definition) is 0. The molecule has 35 heavy (non-hydrogen) atoms. The van der Waals surface area contributed by atoms with Crippen LogP contribution in [-0.4, -0.2) is 50.3 Å². The number of para-hydroxylation sites is 1. The highest BCUT2D eigenvalue weighted by atomic mass is 32.2. The first-order chi connectivity index (χ1) is 16.9. The summed E-state index contributed by atoms with van der Waals surface area (Å²) in [4.78, 5) is 11.5. The summed E-state index contributed by atoms with van der Waals surface area (Å²) in [7, 11) is 0. The number of fused-ring (bicyclic) bond motifs is 1. The molecule has 182 valence electrons. The fraction of sp³-hybridized carbons (Fsp3) is 0.308. The second-order valence-corrected chi connectivity index (χ2v) is 10.3. The van der Waals surface area contributed by atoms with E-state index < -0.39 is 17.8 Å². The average molecular weight is 497 g/mol. The van der Waals surface area contributed by atoms with Gasteiger partial charge in [0, 0.05) is 17.3 Å². The third kappa shape index (κ3) is 4.97. The van der Waals surface area contributed by atoms with Gasteiger partial charge >= 0.3 is 6.61 Å². The largest absolute Gasteiger partial charge is 0.616 e. The van der Waals surface area contributed by atoms with E-state index in [2.05, 4.69) is 28.9 Å². The van der Waals surface area contributed by atoms with Crippen LogP contribution in [-0.2, 0) is 17.7 Å². The maximum atomic E-state index is 12.9. The molecule has 3 heterocycles. The molecule has 0 bridgehead atoms. The van der Waals surface area contributed by atoms with Crippen molar-refractivity contribution < 1.29 is 18.1 Å². The highest BCUT2D eigenvalue weighted by molar-refractivity contribution is 7.91. The topological polar surface area (TPSA) is 66.2 Å². The molecule has 2 aromatic heterocycles. The first kappa shape index (κ1) is 23.6. The molecule has 1 aliphatic rings. The van der Waals surface area contributed by atoms with Crippen LogP contribution < -0.4 is 9.64 Å². The molecule has 0 saturated carbocycles. The summed E-state index contributed by atoms with van der Waals surface area (Å²) in [6, 6.07) is 15.0. The highest BCUT2D eigenvalue weighted by Gasteiger charge is 2.21. The van der Waals surface area contributed by atoms with Crippen LogP contribution in [0, 0.1) is 13.8 Å². The van der Waals surface area contributed by atoms with Gasteiger partial charge in [0.1, 0.15) is 28.9 Å². The number of ether oxygens (including phenoxy) is 1. The zero-order valence-electron chi connectivity index (χ0n) is 19.6. The molecule has 1 fully saturated rings. The Morgan fingerprint density at radius 1 is 1.09 bits per heavy atom. The monoisotopic (exact) mass is 496 g/mol. The van der Waals surface area contributed by atoms with Crippen molar-refractivity contribution in [2.45, 2.75) is 27.0 Å². The van der Waals surface area contributed by atoms with Gasteiger partial charge in [-0.15, -0.1) is 0 Å². The summed E-state index contributed by atoms with van der Waals surface area (Å²) in [6.07, 6.45) is 1.89. The molecular formula is C26H26F2N4O2S. The van der Waals surface area contributed by atoms with Gasteiger partial charge in [0.15, 0.2) is 0 Å². The maximum Gasteiger partial charge on any atom is 0.387 e. The molecule has 6 nitrogen and oxygen atoms in total. The lowest BCUT2D eigenvalue weighted by Gasteiger charge is -2.29. The molecule has 2 aromatic carbocycles. The van der Waals surface area contributed by atoms with Crippen molar-refractivity contribution >= 4 is 28.0 Å². The molecule has 1 saturated heterocycles. The van der Waals surface area contributed by atoms with Crippen LogP contribution in [0.4, 0.5) is 14.6 Å². The summed E-state index contributed by atoms with van der Waals surface area (Å²) in [5.41, 5.74) is 5.52. The summed E-state index contributed by atoms with van der Waals surface area (Å²) in [5.74, 6) is 3.20. The van der Waals surface area contributed by atoms with Crippen LogP contribution in [0.1, 0.15) is 17.0 Å². The van der Waals surface area contributed by atoms with Crippen LogP contribution in [0.15, 0.2) is 54.7 Å². The minimum atomic E-state index is -2.88. The molecule has 0 amide bonds. The van der Waals surface area contributed by atoms with E-state index >= 15 is 0 Å². The van der Waals surface area contributed by atoms with Crippen LogP contribution in [0.3, 0.4) is 0 Å². The number of hydrogen-bond acceptors (Lipinski definition) is 5. The van der Waals surface area contributed by atoms with Gasteiger partial charge in [0.2, 0.25) is 0 Å². The number of rotatable bonds is 6. The molecule has 5 rings (SSSR count). The van der Waals surface area contributed by atoms with E-state index in [1.54, 1.807) is 18.2 Å². The molecule has 4 aromatic rings. The number of anilines is 1. The van der Waals surface area contributed by atoms with Crippen molar-refractivity contribution in [1.29, 1.82) is 0 Å². The molecule has 0 aliphatic carbocycles. The molecular weight excluding hydrogens is 470 g/mol. The number of benzene rings is 2. The summed E-state index contributed by atoms with van der Waals surface area (Å²) in [5, 5.41) is 0. The predicted octanol–water partition coefficient (Wildman–Crippen LogP) is 4.93. The Hall–Kier alpha value is -3.17. The smallest absolute Gasteiger partial charge is 0.387 e. The van der Waals surface area contributed by atoms with E-state index in [1.165, 1.54) is 0 Å². The van der Waals surface area contributed by atoms with E-state index in [0.717, 1.165) is 52.5 Å². The van der Waals surface area contributed by atoms with Gasteiger partial charge in [-0.1, -0.05) is 35.4 Å². The third-order valence-electron chi connectivity index (χ3n) is 6.37. The number of aryl methyl sites for hydroxylation is 2. The number of halogens is 2. The highest BCUT2D eigenvalue weighted by Crippen LogP contribution is 2.30. The standard InChI is InChI=1S/C26H26F2N4O2S/c1-17-13-25(31-9-11-35(33)12-10-31)29-15-21(17)19-7-8-22-23(14-19)32(18(2)30-22)16-20-5-3-4-6-24(20)34-26(27)28/h3-8,13-15,26H,9-12,16H2,1-2H3. The van der Waals surface area contributed by atoms with Gasteiger partial charge < -0.3 is 18.8 Å². The van der Waals surface area contributed by atoms with Gasteiger partial charge in [-0.3, -0.25) is 0 Å². The van der Waals surface area contributed by atoms with Crippen molar-refractivity contribution in [1.82, 2.24) is 14.5 Å². The van der Waals surface area contributed by atoms with Crippen molar-refractivity contribution in [2.75, 3.05) is 29.5 Å². The van der Waals surface area contributed by atoms with Gasteiger partial charge in [-0.25, -0.2) is 9.97 Å². The number of aromatic nitrogens is 3. The molecule has 0 spiro atoms. The Bertz CT molecular complexity index is 1350. The third-order valence-corrected chi connectivity index (χ3v) is 7.64. The first-order valence-corrected chi connectivity index (χ1v) is 12.9. The Balaban J connectivity index is 1.47. The summed E-state index contributed by atoms with van der Waals surface area (Å²) < 4.78 is 44.2. The molecule has 9 heteroatoms. The van der Waals surface area contributed by atoms with Crippen molar-refractivity contribution in [3.05, 3.63) is 71.7 Å². The van der Waals surface area contributed by atoms with Crippen molar-refractivity contribution in [3.63, 3.8) is 0 Å². The normalized spacial score (nSPS) is 14.7. The lowest BCUT2D eigenvalue weighted by atomic mass is 10.0. The van der Waals surface area contributed by atoms with E-state index in [0.29, 0.717) is 23.6 Å². The molecule has 0 unspecified atom stereocenters. The van der Waals surface area contributed by atoms with E-state index in [-0.39, 0.29) is 5.75 Å². The number of imidazole rings is 1. The van der Waals surface area contributed by atoms with Gasteiger partial charge in [0.05, 0.1) is 30.7 Å². The zero-order chi connectivity index (χ0) is 24.5. The van der Waals surface area contributed by atoms with E-state index in [9.17, 15) is 13.3 Å². The van der Waals surface area contributed by atoms with Gasteiger partial charge in [-0.05, 0) is 49.2 Å². The zero-order valence-corrected chi connectivity index (χ0v) is 20.4. The number of alkyl halides is 2. The maximum absolute atomic E-state index is 12.9. The van der Waals surface area contributed by atoms with E-state index in [4.69, 9.17) is 9.72 Å². The van der Waals surface area contributed by atoms with E-state index in [1.807, 2.05) is 35.9 Å². The van der Waals surface area contributed by atoms with Gasteiger partial charge in [-0.2, -0.15) is 8.78 Å². The Morgan fingerprint density at radius 2 is 1.86 bits per heavy atom. The molecule has 0 radical (unpaired) electrons. The quantitative estimate of drug-likeness (QED) is 0.354.